The molecular weight excluding hydrogens is 619 g/mol. The molecule has 0 aromatic heterocycles. The highest BCUT2D eigenvalue weighted by Gasteiger charge is 2.27. The smallest absolute Gasteiger partial charge is 0.0464 e. The molecule has 0 aliphatic heterocycles. The monoisotopic (exact) mass is 684 g/mol. The van der Waals surface area contributed by atoms with E-state index in [2.05, 4.69) is 187 Å². The highest BCUT2D eigenvalue weighted by molar-refractivity contribution is 5.98. The molecule has 1 atom stereocenters. The molecule has 0 heterocycles. The quantitative estimate of drug-likeness (QED) is 0.118. The Hall–Kier alpha value is -4.24. The van der Waals surface area contributed by atoms with Crippen molar-refractivity contribution in [3.8, 4) is 0 Å². The Balaban J connectivity index is 0.00000286. The van der Waals surface area contributed by atoms with Crippen LogP contribution in [0.4, 0.5) is 22.7 Å². The van der Waals surface area contributed by atoms with Gasteiger partial charge in [0.2, 0.25) is 0 Å². The molecule has 0 aliphatic carbocycles. The standard InChI is InChI=1S/C46H59N3.C2H6/c1-10-48(11-2)38-26-20-35(21-27-38)45(36-22-28-39(29-23-36)49(12-3)13-4)42-30-31-44(41-17-15-14-16-40(41)42)47-37-24-18-34(19-25-37)43(32-33(5)6)46(7,8)9;1-2/h14-31,33,43,45,47H,10-13,32H2,1-9H3;1-2H3. The van der Waals surface area contributed by atoms with Crippen molar-refractivity contribution in [2.75, 3.05) is 41.3 Å². The topological polar surface area (TPSA) is 18.5 Å². The zero-order chi connectivity index (χ0) is 37.1. The van der Waals surface area contributed by atoms with Crippen LogP contribution in [0, 0.1) is 11.3 Å². The molecule has 0 saturated heterocycles. The van der Waals surface area contributed by atoms with Gasteiger partial charge in [0.05, 0.1) is 0 Å². The van der Waals surface area contributed by atoms with Gasteiger partial charge in [-0.15, -0.1) is 0 Å². The minimum Gasteiger partial charge on any atom is -0.372 e. The molecule has 51 heavy (non-hydrogen) atoms. The summed E-state index contributed by atoms with van der Waals surface area (Å²) in [5, 5.41) is 6.31. The van der Waals surface area contributed by atoms with E-state index in [1.165, 1.54) is 50.8 Å². The lowest BCUT2D eigenvalue weighted by Crippen LogP contribution is -2.22. The number of benzene rings is 5. The SMILES string of the molecule is CC.CCN(CC)c1ccc(C(c2ccc(N(CC)CC)cc2)c2ccc(Nc3ccc(C(CC(C)C)C(C)(C)C)cc3)c3ccccc23)cc1. The van der Waals surface area contributed by atoms with Crippen molar-refractivity contribution < 1.29 is 0 Å². The van der Waals surface area contributed by atoms with Crippen LogP contribution in [-0.2, 0) is 0 Å². The molecule has 3 heteroatoms. The number of nitrogens with one attached hydrogen (secondary N) is 1. The number of hydrogen-bond donors (Lipinski definition) is 1. The minimum atomic E-state index is 0.102. The number of fused-ring (bicyclic) bond motifs is 1. The van der Waals surface area contributed by atoms with E-state index in [-0.39, 0.29) is 11.3 Å². The average Bonchev–Trinajstić information content (AvgIpc) is 3.14. The van der Waals surface area contributed by atoms with E-state index in [4.69, 9.17) is 0 Å². The summed E-state index contributed by atoms with van der Waals surface area (Å²) in [5.74, 6) is 1.29. The van der Waals surface area contributed by atoms with Crippen LogP contribution in [0.2, 0.25) is 0 Å². The van der Waals surface area contributed by atoms with Crippen LogP contribution in [0.5, 0.6) is 0 Å². The van der Waals surface area contributed by atoms with Crippen LogP contribution in [0.25, 0.3) is 10.8 Å². The predicted octanol–water partition coefficient (Wildman–Crippen LogP) is 13.7. The first-order valence-corrected chi connectivity index (χ1v) is 19.7. The van der Waals surface area contributed by atoms with E-state index in [9.17, 15) is 0 Å². The van der Waals surface area contributed by atoms with Gasteiger partial charge < -0.3 is 15.1 Å². The Morgan fingerprint density at radius 3 is 1.43 bits per heavy atom. The van der Waals surface area contributed by atoms with Gasteiger partial charge in [0.25, 0.3) is 0 Å². The van der Waals surface area contributed by atoms with Gasteiger partial charge in [-0.05, 0) is 121 Å². The first-order chi connectivity index (χ1) is 24.6. The highest BCUT2D eigenvalue weighted by atomic mass is 15.1. The van der Waals surface area contributed by atoms with Crippen LogP contribution < -0.4 is 15.1 Å². The maximum atomic E-state index is 3.79. The fraction of sp³-hybridized carbons (Fsp3) is 0.417. The molecule has 3 nitrogen and oxygen atoms in total. The summed E-state index contributed by atoms with van der Waals surface area (Å²) >= 11 is 0. The third-order valence-corrected chi connectivity index (χ3v) is 10.3. The lowest BCUT2D eigenvalue weighted by atomic mass is 9.72. The van der Waals surface area contributed by atoms with E-state index in [1.54, 1.807) is 0 Å². The van der Waals surface area contributed by atoms with Gasteiger partial charge in [-0.25, -0.2) is 0 Å². The second-order valence-corrected chi connectivity index (χ2v) is 15.0. The minimum absolute atomic E-state index is 0.102. The fourth-order valence-corrected chi connectivity index (χ4v) is 7.58. The average molecular weight is 684 g/mol. The lowest BCUT2D eigenvalue weighted by Gasteiger charge is -2.32. The van der Waals surface area contributed by atoms with Gasteiger partial charge >= 0.3 is 0 Å². The molecule has 0 amide bonds. The molecule has 1 unspecified atom stereocenters. The van der Waals surface area contributed by atoms with Crippen molar-refractivity contribution in [2.45, 2.75) is 94.4 Å². The molecule has 272 valence electrons. The largest absolute Gasteiger partial charge is 0.372 e. The molecule has 0 bridgehead atoms. The molecule has 0 aliphatic rings. The van der Waals surface area contributed by atoms with Gasteiger partial charge in [-0.3, -0.25) is 0 Å². The molecule has 5 aromatic carbocycles. The Morgan fingerprint density at radius 1 is 0.549 bits per heavy atom. The molecule has 5 rings (SSSR count). The van der Waals surface area contributed by atoms with E-state index in [1.807, 2.05) is 13.8 Å². The van der Waals surface area contributed by atoms with Crippen LogP contribution >= 0.6 is 0 Å². The Kier molecular flexibility index (Phi) is 14.2. The van der Waals surface area contributed by atoms with Crippen LogP contribution in [-0.4, -0.2) is 26.2 Å². The summed E-state index contributed by atoms with van der Waals surface area (Å²) in [7, 11) is 0. The lowest BCUT2D eigenvalue weighted by molar-refractivity contribution is 0.280. The zero-order valence-corrected chi connectivity index (χ0v) is 33.6. The van der Waals surface area contributed by atoms with Gasteiger partial charge in [-0.2, -0.15) is 0 Å². The highest BCUT2D eigenvalue weighted by Crippen LogP contribution is 2.42. The third kappa shape index (κ3) is 9.56. The molecule has 5 aromatic rings. The molecular formula is C48H65N3. The van der Waals surface area contributed by atoms with Gasteiger partial charge in [-0.1, -0.05) is 115 Å². The van der Waals surface area contributed by atoms with E-state index in [0.717, 1.165) is 37.6 Å². The third-order valence-electron chi connectivity index (χ3n) is 10.3. The van der Waals surface area contributed by atoms with Crippen LogP contribution in [0.15, 0.2) is 109 Å². The molecule has 0 saturated carbocycles. The number of hydrogen-bond acceptors (Lipinski definition) is 3. The first kappa shape index (κ1) is 39.5. The summed E-state index contributed by atoms with van der Waals surface area (Å²) in [6.45, 7) is 28.7. The van der Waals surface area contributed by atoms with Gasteiger partial charge in [0.15, 0.2) is 0 Å². The van der Waals surface area contributed by atoms with Crippen molar-refractivity contribution in [3.63, 3.8) is 0 Å². The maximum Gasteiger partial charge on any atom is 0.0464 e. The van der Waals surface area contributed by atoms with Crippen molar-refractivity contribution in [2.24, 2.45) is 11.3 Å². The summed E-state index contributed by atoms with van der Waals surface area (Å²) < 4.78 is 0. The summed E-state index contributed by atoms with van der Waals surface area (Å²) in [6.07, 6.45) is 1.19. The van der Waals surface area contributed by atoms with Crippen molar-refractivity contribution >= 4 is 33.5 Å². The van der Waals surface area contributed by atoms with E-state index in [0.29, 0.717) is 11.8 Å². The van der Waals surface area contributed by atoms with Crippen molar-refractivity contribution in [3.05, 3.63) is 131 Å². The fourth-order valence-electron chi connectivity index (χ4n) is 7.58. The van der Waals surface area contributed by atoms with Crippen LogP contribution in [0.3, 0.4) is 0 Å². The molecule has 0 fully saturated rings. The summed E-state index contributed by atoms with van der Waals surface area (Å²) in [5.41, 5.74) is 10.4. The number of rotatable bonds is 14. The normalized spacial score (nSPS) is 12.1. The predicted molar refractivity (Wildman–Crippen MR) is 228 cm³/mol. The number of anilines is 4. The first-order valence-electron chi connectivity index (χ1n) is 19.7. The zero-order valence-electron chi connectivity index (χ0n) is 33.6. The Labute approximate surface area is 311 Å². The Morgan fingerprint density at radius 2 is 1.00 bits per heavy atom. The molecule has 0 radical (unpaired) electrons. The maximum absolute atomic E-state index is 3.79. The second kappa shape index (κ2) is 18.3. The van der Waals surface area contributed by atoms with E-state index < -0.39 is 0 Å². The van der Waals surface area contributed by atoms with Gasteiger partial charge in [0, 0.05) is 60.2 Å². The van der Waals surface area contributed by atoms with Crippen molar-refractivity contribution in [1.29, 1.82) is 0 Å². The summed E-state index contributed by atoms with van der Waals surface area (Å²) in [6, 6.07) is 41.2. The number of nitrogens with zero attached hydrogens (tertiary/aromatic N) is 2. The Bertz CT molecular complexity index is 1700. The molecule has 1 N–H and O–H groups in total. The molecule has 0 spiro atoms. The van der Waals surface area contributed by atoms with Crippen LogP contribution in [0.1, 0.15) is 117 Å². The summed E-state index contributed by atoms with van der Waals surface area (Å²) in [4.78, 5) is 4.82. The van der Waals surface area contributed by atoms with Crippen molar-refractivity contribution in [1.82, 2.24) is 0 Å². The van der Waals surface area contributed by atoms with Gasteiger partial charge in [0.1, 0.15) is 0 Å². The second-order valence-electron chi connectivity index (χ2n) is 15.0. The van der Waals surface area contributed by atoms with E-state index >= 15 is 0 Å².